The quantitative estimate of drug-likeness (QED) is 0.185. The molecule has 0 bridgehead atoms. The van der Waals surface area contributed by atoms with E-state index in [0.717, 1.165) is 8.58 Å². The fourth-order valence-electron chi connectivity index (χ4n) is 1.83. The van der Waals surface area contributed by atoms with Crippen LogP contribution in [0.5, 0.6) is 0 Å². The van der Waals surface area contributed by atoms with E-state index in [1.165, 1.54) is 19.8 Å². The minimum absolute atomic E-state index is 0.777. The van der Waals surface area contributed by atoms with E-state index in [-0.39, 0.29) is 0 Å². The summed E-state index contributed by atoms with van der Waals surface area (Å²) in [6.45, 7) is 0. The smallest absolute Gasteiger partial charge is 0.402 e. The molecule has 0 saturated heterocycles. The molecule has 0 spiro atoms. The van der Waals surface area contributed by atoms with Crippen molar-refractivity contribution in [3.8, 4) is 0 Å². The second-order valence-electron chi connectivity index (χ2n) is 5.19. The van der Waals surface area contributed by atoms with Gasteiger partial charge in [0.1, 0.15) is 0 Å². The Bertz CT molecular complexity index is 758. The molecule has 0 aromatic heterocycles. The van der Waals surface area contributed by atoms with Crippen molar-refractivity contribution in [2.24, 2.45) is 0 Å². The first-order valence-electron chi connectivity index (χ1n) is 7.83. The lowest BCUT2D eigenvalue weighted by Gasteiger charge is -2.02. The monoisotopic (exact) mass is 448 g/mol. The maximum absolute atomic E-state index is 12.4. The number of rotatable bonds is 2. The van der Waals surface area contributed by atoms with Crippen molar-refractivity contribution in [2.75, 3.05) is 0 Å². The Hall–Kier alpha value is -1.89. The fraction of sp³-hybridized carbons (Fsp3) is 0. The van der Waals surface area contributed by atoms with Gasteiger partial charge in [-0.1, -0.05) is 78.5 Å². The molecule has 3 rings (SSSR count). The average molecular weight is 448 g/mol. The third kappa shape index (κ3) is 8.56. The van der Waals surface area contributed by atoms with Gasteiger partial charge in [0.15, 0.2) is 23.3 Å². The Labute approximate surface area is 168 Å². The van der Waals surface area contributed by atoms with Crippen LogP contribution in [0.2, 0.25) is 0 Å². The summed E-state index contributed by atoms with van der Waals surface area (Å²) < 4.78 is 61.5. The zero-order valence-electron chi connectivity index (χ0n) is 14.7. The highest BCUT2D eigenvalue weighted by atomic mass is 31.1. The molecule has 0 heterocycles. The molecule has 0 aliphatic carbocycles. The first-order chi connectivity index (χ1) is 13.6. The second kappa shape index (κ2) is 12.6. The number of hydrogen-bond donors (Lipinski definition) is 3. The molecular weight excluding hydrogens is 432 g/mol. The third-order valence-corrected chi connectivity index (χ3v) is 4.83. The molecule has 3 nitrogen and oxygen atoms in total. The number of benzene rings is 3. The summed E-state index contributed by atoms with van der Waals surface area (Å²) in [4.78, 5) is 0. The Morgan fingerprint density at radius 3 is 1.17 bits per heavy atom. The molecule has 0 radical (unpaired) electrons. The summed E-state index contributed by atoms with van der Waals surface area (Å²) in [6, 6.07) is 21.2. The minimum atomic E-state index is -2.17. The molecule has 154 valence electrons. The van der Waals surface area contributed by atoms with Gasteiger partial charge in [0.25, 0.3) is 0 Å². The van der Waals surface area contributed by atoms with Crippen LogP contribution in [0.3, 0.4) is 0 Å². The average Bonchev–Trinajstić information content (AvgIpc) is 2.71. The lowest BCUT2D eigenvalue weighted by Crippen LogP contribution is -2.13. The van der Waals surface area contributed by atoms with Crippen molar-refractivity contribution in [1.82, 2.24) is 0 Å². The molecule has 3 N–H and O–H groups in total. The van der Waals surface area contributed by atoms with E-state index < -0.39 is 41.7 Å². The van der Waals surface area contributed by atoms with Gasteiger partial charge in [-0.15, -0.1) is 0 Å². The van der Waals surface area contributed by atoms with E-state index in [2.05, 4.69) is 60.7 Å². The molecule has 1 unspecified atom stereocenters. The molecule has 0 aliphatic heterocycles. The molecule has 0 saturated carbocycles. The first kappa shape index (κ1) is 25.2. The summed E-state index contributed by atoms with van der Waals surface area (Å²) in [5, 5.41) is 23.3. The lowest BCUT2D eigenvalue weighted by atomic mass is 10.3. The summed E-state index contributed by atoms with van der Waals surface area (Å²) in [7, 11) is 0.0491. The molecule has 0 fully saturated rings. The van der Waals surface area contributed by atoms with Gasteiger partial charge in [-0.3, -0.25) is 0 Å². The maximum atomic E-state index is 12.4. The maximum Gasteiger partial charge on any atom is 0.631 e. The predicted molar refractivity (Wildman–Crippen MR) is 108 cm³/mol. The van der Waals surface area contributed by atoms with Crippen LogP contribution in [-0.4, -0.2) is 22.4 Å². The number of halogens is 5. The predicted octanol–water partition coefficient (Wildman–Crippen LogP) is 2.15. The van der Waals surface area contributed by atoms with Crippen molar-refractivity contribution < 1.29 is 37.0 Å². The first-order valence-corrected chi connectivity index (χ1v) is 9.41. The summed E-state index contributed by atoms with van der Waals surface area (Å²) in [6.07, 6.45) is 0. The molecule has 3 aromatic carbocycles. The molecule has 1 atom stereocenters. The summed E-state index contributed by atoms with van der Waals surface area (Å²) >= 11 is 0. The van der Waals surface area contributed by atoms with E-state index in [9.17, 15) is 22.0 Å². The molecule has 3 aromatic rings. The van der Waals surface area contributed by atoms with Crippen molar-refractivity contribution in [2.45, 2.75) is 0 Å². The van der Waals surface area contributed by atoms with E-state index in [1.807, 2.05) is 0 Å². The van der Waals surface area contributed by atoms with E-state index in [1.54, 1.807) is 0 Å². The van der Waals surface area contributed by atoms with Crippen molar-refractivity contribution in [3.05, 3.63) is 89.7 Å². The molecule has 0 aliphatic rings. The normalized spacial score (nSPS) is 9.69. The van der Waals surface area contributed by atoms with E-state index in [0.29, 0.717) is 0 Å². The van der Waals surface area contributed by atoms with Gasteiger partial charge in [-0.2, -0.15) is 0 Å². The van der Waals surface area contributed by atoms with Crippen LogP contribution < -0.4 is 15.9 Å². The highest BCUT2D eigenvalue weighted by molar-refractivity contribution is 7.55. The van der Waals surface area contributed by atoms with Gasteiger partial charge >= 0.3 is 7.32 Å². The Kier molecular flexibility index (Phi) is 11.0. The van der Waals surface area contributed by atoms with Crippen LogP contribution in [0, 0.1) is 29.1 Å². The van der Waals surface area contributed by atoms with E-state index in [4.69, 9.17) is 15.1 Å². The number of hydrogen-bond acceptors (Lipinski definition) is 3. The Morgan fingerprint density at radius 1 is 0.586 bits per heavy atom. The second-order valence-corrected chi connectivity index (χ2v) is 7.17. The van der Waals surface area contributed by atoms with Gasteiger partial charge in [-0.05, 0) is 10.6 Å². The standard InChI is InChI=1S/C12H11P.C6H2F5P.BH3O3/c1-3-7-11(8-4-1)13-12-9-5-2-6-10-12;7-1-2(8)4(10)6(12)5(11)3(1)9;2-1(3)4/h1-10,13H;12H2;2-4H. The highest BCUT2D eigenvalue weighted by Gasteiger charge is 2.22. The Morgan fingerprint density at radius 2 is 0.862 bits per heavy atom. The van der Waals surface area contributed by atoms with E-state index >= 15 is 0 Å². The fourth-order valence-corrected chi connectivity index (χ4v) is 3.14. The molecule has 11 heteroatoms. The van der Waals surface area contributed by atoms with Crippen LogP contribution in [0.25, 0.3) is 0 Å². The van der Waals surface area contributed by atoms with Crippen molar-refractivity contribution >= 4 is 41.1 Å². The highest BCUT2D eigenvalue weighted by Crippen LogP contribution is 2.17. The van der Waals surface area contributed by atoms with Crippen LogP contribution in [0.15, 0.2) is 60.7 Å². The van der Waals surface area contributed by atoms with Crippen LogP contribution in [-0.2, 0) is 0 Å². The molecule has 29 heavy (non-hydrogen) atoms. The van der Waals surface area contributed by atoms with Crippen LogP contribution in [0.1, 0.15) is 0 Å². The van der Waals surface area contributed by atoms with Crippen LogP contribution >= 0.6 is 17.8 Å². The van der Waals surface area contributed by atoms with Crippen molar-refractivity contribution in [1.29, 1.82) is 0 Å². The molecule has 0 amide bonds. The van der Waals surface area contributed by atoms with Gasteiger partial charge in [0, 0.05) is 5.30 Å². The van der Waals surface area contributed by atoms with Gasteiger partial charge in [0.2, 0.25) is 5.82 Å². The largest absolute Gasteiger partial charge is 0.631 e. The van der Waals surface area contributed by atoms with Crippen LogP contribution in [0.4, 0.5) is 22.0 Å². The summed E-state index contributed by atoms with van der Waals surface area (Å²) in [5.74, 6) is -9.65. The van der Waals surface area contributed by atoms with Gasteiger partial charge < -0.3 is 15.1 Å². The zero-order valence-corrected chi connectivity index (χ0v) is 16.8. The van der Waals surface area contributed by atoms with Gasteiger partial charge in [0.05, 0.1) is 0 Å². The minimum Gasteiger partial charge on any atom is -0.402 e. The molecular formula is C18H16BF5O3P2. The van der Waals surface area contributed by atoms with Crippen molar-refractivity contribution in [3.63, 3.8) is 0 Å². The third-order valence-electron chi connectivity index (χ3n) is 3.08. The SMILES string of the molecule is Fc1c(F)c(F)c(P)c(F)c1F.OB(O)O.c1ccc(Pc2ccccc2)cc1. The zero-order chi connectivity index (χ0) is 22.0. The van der Waals surface area contributed by atoms with Gasteiger partial charge in [-0.25, -0.2) is 22.0 Å². The Balaban J connectivity index is 0.000000247. The topological polar surface area (TPSA) is 60.7 Å². The lowest BCUT2D eigenvalue weighted by molar-refractivity contribution is 0.278. The summed E-state index contributed by atoms with van der Waals surface area (Å²) in [5.41, 5.74) is 0.